The van der Waals surface area contributed by atoms with Crippen molar-refractivity contribution in [3.63, 3.8) is 0 Å². The average molecular weight is 344 g/mol. The standard InChI is InChI=1S/C19H20O6/c1-22-14-8-3-6-12-16(20)17(21)13-7-4-9-15(23-2)19(13)25-11-5-10-24-18(12)14/h3-4,6-9,16,20H,5,10-11H2,1-2H3/t16-/m1/s1. The molecule has 2 aromatic rings. The fourth-order valence-corrected chi connectivity index (χ4v) is 2.78. The predicted octanol–water partition coefficient (Wildman–Crippen LogP) is 2.78. The molecule has 1 atom stereocenters. The third-order valence-electron chi connectivity index (χ3n) is 4.02. The summed E-state index contributed by atoms with van der Waals surface area (Å²) in [5.74, 6) is 1.13. The van der Waals surface area contributed by atoms with E-state index < -0.39 is 11.9 Å². The maximum absolute atomic E-state index is 12.9. The van der Waals surface area contributed by atoms with Crippen molar-refractivity contribution < 1.29 is 28.8 Å². The Kier molecular flexibility index (Phi) is 5.09. The molecule has 25 heavy (non-hydrogen) atoms. The minimum atomic E-state index is -1.40. The maximum Gasteiger partial charge on any atom is 0.199 e. The summed E-state index contributed by atoms with van der Waals surface area (Å²) in [5.41, 5.74) is 0.627. The van der Waals surface area contributed by atoms with E-state index in [1.165, 1.54) is 14.2 Å². The lowest BCUT2D eigenvalue weighted by Gasteiger charge is -2.18. The van der Waals surface area contributed by atoms with Crippen LogP contribution in [0.5, 0.6) is 23.0 Å². The molecule has 0 radical (unpaired) electrons. The zero-order chi connectivity index (χ0) is 17.8. The van der Waals surface area contributed by atoms with E-state index in [1.807, 2.05) is 0 Å². The quantitative estimate of drug-likeness (QED) is 0.903. The average Bonchev–Trinajstić information content (AvgIpc) is 2.67. The monoisotopic (exact) mass is 344 g/mol. The van der Waals surface area contributed by atoms with Crippen LogP contribution in [0, 0.1) is 0 Å². The lowest BCUT2D eigenvalue weighted by Crippen LogP contribution is -2.15. The summed E-state index contributed by atoms with van der Waals surface area (Å²) in [5, 5.41) is 10.7. The maximum atomic E-state index is 12.9. The van der Waals surface area contributed by atoms with Crippen LogP contribution in [0.25, 0.3) is 0 Å². The summed E-state index contributed by atoms with van der Waals surface area (Å²) in [7, 11) is 3.02. The molecule has 0 bridgehead atoms. The number of para-hydroxylation sites is 2. The molecular weight excluding hydrogens is 324 g/mol. The number of benzene rings is 2. The van der Waals surface area contributed by atoms with Crippen LogP contribution in [0.1, 0.15) is 28.4 Å². The molecule has 0 amide bonds. The molecule has 0 saturated heterocycles. The van der Waals surface area contributed by atoms with Gasteiger partial charge in [0, 0.05) is 12.0 Å². The summed E-state index contributed by atoms with van der Waals surface area (Å²) < 4.78 is 22.1. The zero-order valence-corrected chi connectivity index (χ0v) is 14.2. The number of hydrogen-bond acceptors (Lipinski definition) is 6. The van der Waals surface area contributed by atoms with E-state index in [-0.39, 0.29) is 5.56 Å². The number of aliphatic hydroxyl groups excluding tert-OH is 1. The molecule has 132 valence electrons. The van der Waals surface area contributed by atoms with Gasteiger partial charge in [0.1, 0.15) is 6.10 Å². The van der Waals surface area contributed by atoms with E-state index in [4.69, 9.17) is 18.9 Å². The number of carbonyl (C=O) groups is 1. The summed E-state index contributed by atoms with van der Waals surface area (Å²) in [6.07, 6.45) is -0.808. The van der Waals surface area contributed by atoms with E-state index in [1.54, 1.807) is 36.4 Å². The number of carbonyl (C=O) groups excluding carboxylic acids is 1. The molecule has 0 spiro atoms. The Morgan fingerprint density at radius 1 is 0.960 bits per heavy atom. The van der Waals surface area contributed by atoms with Gasteiger partial charge in [-0.15, -0.1) is 0 Å². The van der Waals surface area contributed by atoms with Gasteiger partial charge >= 0.3 is 0 Å². The van der Waals surface area contributed by atoms with E-state index in [0.29, 0.717) is 48.2 Å². The van der Waals surface area contributed by atoms with Gasteiger partial charge in [-0.3, -0.25) is 4.79 Å². The van der Waals surface area contributed by atoms with Gasteiger partial charge in [-0.2, -0.15) is 0 Å². The molecule has 2 aromatic carbocycles. The third kappa shape index (κ3) is 3.25. The first-order valence-electron chi connectivity index (χ1n) is 7.99. The second kappa shape index (κ2) is 7.44. The fourth-order valence-electron chi connectivity index (χ4n) is 2.78. The third-order valence-corrected chi connectivity index (χ3v) is 4.02. The Hall–Kier alpha value is -2.73. The normalized spacial score (nSPS) is 17.2. The van der Waals surface area contributed by atoms with Gasteiger partial charge in [-0.05, 0) is 18.2 Å². The number of ketones is 1. The second-order valence-corrected chi connectivity index (χ2v) is 5.53. The molecule has 6 nitrogen and oxygen atoms in total. The minimum Gasteiger partial charge on any atom is -0.493 e. The molecule has 1 aliphatic heterocycles. The lowest BCUT2D eigenvalue weighted by atomic mass is 9.98. The number of rotatable bonds is 2. The highest BCUT2D eigenvalue weighted by molar-refractivity contribution is 6.03. The summed E-state index contributed by atoms with van der Waals surface area (Å²) >= 11 is 0. The van der Waals surface area contributed by atoms with Crippen LogP contribution in [-0.4, -0.2) is 38.3 Å². The highest BCUT2D eigenvalue weighted by atomic mass is 16.5. The van der Waals surface area contributed by atoms with Gasteiger partial charge in [-0.1, -0.05) is 18.2 Å². The molecule has 0 aliphatic carbocycles. The Bertz CT molecular complexity index is 771. The Balaban J connectivity index is 2.12. The van der Waals surface area contributed by atoms with Crippen LogP contribution >= 0.6 is 0 Å². The highest BCUT2D eigenvalue weighted by Gasteiger charge is 2.28. The first kappa shape index (κ1) is 17.1. The van der Waals surface area contributed by atoms with Crippen LogP contribution in [0.4, 0.5) is 0 Å². The Morgan fingerprint density at radius 2 is 1.56 bits per heavy atom. The summed E-state index contributed by atoms with van der Waals surface area (Å²) in [6, 6.07) is 10.1. The fraction of sp³-hybridized carbons (Fsp3) is 0.316. The molecule has 0 fully saturated rings. The van der Waals surface area contributed by atoms with Crippen molar-refractivity contribution in [3.05, 3.63) is 47.5 Å². The van der Waals surface area contributed by atoms with Crippen LogP contribution in [0.2, 0.25) is 0 Å². The van der Waals surface area contributed by atoms with E-state index in [9.17, 15) is 9.90 Å². The van der Waals surface area contributed by atoms with E-state index in [2.05, 4.69) is 0 Å². The van der Waals surface area contributed by atoms with Gasteiger partial charge in [0.2, 0.25) is 0 Å². The molecule has 3 rings (SSSR count). The largest absolute Gasteiger partial charge is 0.493 e. The van der Waals surface area contributed by atoms with Gasteiger partial charge < -0.3 is 24.1 Å². The molecule has 1 N–H and O–H groups in total. The van der Waals surface area contributed by atoms with Crippen molar-refractivity contribution in [3.8, 4) is 23.0 Å². The van der Waals surface area contributed by atoms with Crippen molar-refractivity contribution in [1.29, 1.82) is 0 Å². The Morgan fingerprint density at radius 3 is 2.24 bits per heavy atom. The molecule has 1 aliphatic rings. The summed E-state index contributed by atoms with van der Waals surface area (Å²) in [4.78, 5) is 12.9. The van der Waals surface area contributed by atoms with Gasteiger partial charge in [0.15, 0.2) is 28.8 Å². The van der Waals surface area contributed by atoms with E-state index >= 15 is 0 Å². The lowest BCUT2D eigenvalue weighted by molar-refractivity contribution is 0.0737. The van der Waals surface area contributed by atoms with Gasteiger partial charge in [0.05, 0.1) is 33.0 Å². The van der Waals surface area contributed by atoms with Crippen LogP contribution < -0.4 is 18.9 Å². The number of methoxy groups -OCH3 is 2. The number of hydrogen-bond donors (Lipinski definition) is 1. The zero-order valence-electron chi connectivity index (χ0n) is 14.2. The first-order valence-corrected chi connectivity index (χ1v) is 7.99. The number of Topliss-reactive ketones (excluding diaryl/α,β-unsaturated/α-hetero) is 1. The van der Waals surface area contributed by atoms with Crippen molar-refractivity contribution >= 4 is 5.78 Å². The van der Waals surface area contributed by atoms with Crippen molar-refractivity contribution in [1.82, 2.24) is 0 Å². The van der Waals surface area contributed by atoms with Crippen molar-refractivity contribution in [2.45, 2.75) is 12.5 Å². The SMILES string of the molecule is COc1cccc2c1OCCCOc1c(OC)cccc1[C@@H](O)C2=O. The number of ether oxygens (including phenoxy) is 4. The topological polar surface area (TPSA) is 74.2 Å². The number of fused-ring (bicyclic) bond motifs is 2. The van der Waals surface area contributed by atoms with Crippen LogP contribution in [-0.2, 0) is 0 Å². The second-order valence-electron chi connectivity index (χ2n) is 5.53. The molecule has 0 aromatic heterocycles. The number of aliphatic hydroxyl groups is 1. The van der Waals surface area contributed by atoms with Crippen LogP contribution in [0.3, 0.4) is 0 Å². The molecule has 6 heteroatoms. The molecule has 0 unspecified atom stereocenters. The van der Waals surface area contributed by atoms with Crippen LogP contribution in [0.15, 0.2) is 36.4 Å². The highest BCUT2D eigenvalue weighted by Crippen LogP contribution is 2.39. The van der Waals surface area contributed by atoms with Gasteiger partial charge in [-0.25, -0.2) is 0 Å². The van der Waals surface area contributed by atoms with Crippen molar-refractivity contribution in [2.24, 2.45) is 0 Å². The molecule has 0 saturated carbocycles. The van der Waals surface area contributed by atoms with Crippen molar-refractivity contribution in [2.75, 3.05) is 27.4 Å². The smallest absolute Gasteiger partial charge is 0.199 e. The molecule has 1 heterocycles. The first-order chi connectivity index (χ1) is 12.2. The minimum absolute atomic E-state index is 0.266. The van der Waals surface area contributed by atoms with E-state index in [0.717, 1.165) is 0 Å². The van der Waals surface area contributed by atoms with Gasteiger partial charge in [0.25, 0.3) is 0 Å². The molecular formula is C19H20O6. The predicted molar refractivity (Wildman–Crippen MR) is 90.9 cm³/mol. The summed E-state index contributed by atoms with van der Waals surface area (Å²) in [6.45, 7) is 0.708. The Labute approximate surface area is 145 Å².